The van der Waals surface area contributed by atoms with Gasteiger partial charge in [-0.05, 0) is 41.3 Å². The summed E-state index contributed by atoms with van der Waals surface area (Å²) in [4.78, 5) is 27.9. The number of thiophene rings is 1. The maximum atomic E-state index is 13.2. The number of halogens is 1. The molecule has 3 aromatic heterocycles. The fourth-order valence-electron chi connectivity index (χ4n) is 3.37. The lowest BCUT2D eigenvalue weighted by Crippen LogP contribution is -2.30. The number of aliphatic hydroxyl groups excluding tert-OH is 1. The third-order valence-electron chi connectivity index (χ3n) is 4.89. The topological polar surface area (TPSA) is 96.5 Å². The average Bonchev–Trinajstić information content (AvgIpc) is 3.62. The van der Waals surface area contributed by atoms with Crippen LogP contribution >= 0.6 is 46.0 Å². The van der Waals surface area contributed by atoms with Crippen LogP contribution in [0, 0.1) is 0 Å². The van der Waals surface area contributed by atoms with E-state index in [2.05, 4.69) is 10.2 Å². The monoisotopic (exact) mass is 515 g/mol. The van der Waals surface area contributed by atoms with E-state index in [1.54, 1.807) is 29.6 Å². The number of anilines is 1. The normalized spacial score (nSPS) is 16.1. The minimum absolute atomic E-state index is 0.0389. The highest BCUT2D eigenvalue weighted by Crippen LogP contribution is 2.44. The molecule has 0 spiro atoms. The van der Waals surface area contributed by atoms with E-state index in [-0.39, 0.29) is 10.7 Å². The Kier molecular flexibility index (Phi) is 6.07. The van der Waals surface area contributed by atoms with Crippen LogP contribution in [-0.4, -0.2) is 27.0 Å². The number of nitrogens with zero attached hydrogens (tertiary/aromatic N) is 3. The van der Waals surface area contributed by atoms with Crippen molar-refractivity contribution in [3.8, 4) is 0 Å². The van der Waals surface area contributed by atoms with Gasteiger partial charge in [-0.25, -0.2) is 0 Å². The van der Waals surface area contributed by atoms with E-state index >= 15 is 0 Å². The fourth-order valence-corrected chi connectivity index (χ4v) is 6.00. The summed E-state index contributed by atoms with van der Waals surface area (Å²) in [6.45, 7) is 0. The van der Waals surface area contributed by atoms with Crippen LogP contribution in [0.15, 0.2) is 80.3 Å². The minimum atomic E-state index is -0.941. The molecule has 4 aromatic rings. The van der Waals surface area contributed by atoms with Gasteiger partial charge in [0.2, 0.25) is 10.9 Å². The summed E-state index contributed by atoms with van der Waals surface area (Å²) in [5, 5.41) is 21.7. The fraction of sp³-hybridized carbons (Fsp3) is 0.0909. The van der Waals surface area contributed by atoms with Crippen LogP contribution < -0.4 is 4.90 Å². The first kappa shape index (κ1) is 21.9. The molecule has 0 radical (unpaired) electrons. The molecule has 0 bridgehead atoms. The van der Waals surface area contributed by atoms with Crippen molar-refractivity contribution in [2.24, 2.45) is 0 Å². The standard InChI is InChI=1S/C22H14ClN3O4S3/c23-13-7-5-12(6-8-13)11-32-22-25-24-21(33-22)26-17(14-3-1-9-30-14)16(19(28)20(26)29)18(27)15-4-2-10-31-15/h1-10,17,28H,11H2. The van der Waals surface area contributed by atoms with Crippen LogP contribution in [-0.2, 0) is 10.5 Å². The molecule has 1 aliphatic heterocycles. The molecule has 1 aromatic carbocycles. The first-order valence-electron chi connectivity index (χ1n) is 9.62. The quantitative estimate of drug-likeness (QED) is 0.185. The molecule has 4 heterocycles. The molecule has 1 unspecified atom stereocenters. The number of furan rings is 1. The van der Waals surface area contributed by atoms with Gasteiger partial charge in [0.1, 0.15) is 11.8 Å². The minimum Gasteiger partial charge on any atom is -0.503 e. The van der Waals surface area contributed by atoms with Gasteiger partial charge in [0.15, 0.2) is 10.1 Å². The lowest BCUT2D eigenvalue weighted by atomic mass is 10.0. The number of aliphatic hydroxyl groups is 1. The molecule has 1 atom stereocenters. The zero-order chi connectivity index (χ0) is 22.9. The Morgan fingerprint density at radius 2 is 2.00 bits per heavy atom. The molecule has 11 heteroatoms. The van der Waals surface area contributed by atoms with E-state index in [9.17, 15) is 14.7 Å². The van der Waals surface area contributed by atoms with Crippen molar-refractivity contribution in [2.45, 2.75) is 16.1 Å². The first-order chi connectivity index (χ1) is 16.0. The van der Waals surface area contributed by atoms with Gasteiger partial charge in [0.25, 0.3) is 5.91 Å². The van der Waals surface area contributed by atoms with Crippen molar-refractivity contribution in [1.82, 2.24) is 10.2 Å². The number of hydrogen-bond donors (Lipinski definition) is 1. The van der Waals surface area contributed by atoms with Crippen LogP contribution in [0.1, 0.15) is 27.0 Å². The van der Waals surface area contributed by atoms with Gasteiger partial charge in [-0.3, -0.25) is 14.5 Å². The molecule has 0 saturated heterocycles. The van der Waals surface area contributed by atoms with Crippen LogP contribution in [0.2, 0.25) is 5.02 Å². The Morgan fingerprint density at radius 3 is 2.70 bits per heavy atom. The molecular weight excluding hydrogens is 502 g/mol. The molecule has 0 aliphatic carbocycles. The Morgan fingerprint density at radius 1 is 1.18 bits per heavy atom. The first-order valence-corrected chi connectivity index (χ1v) is 12.7. The highest BCUT2D eigenvalue weighted by molar-refractivity contribution is 8.00. The molecule has 1 amide bonds. The lowest BCUT2D eigenvalue weighted by Gasteiger charge is -2.21. The largest absolute Gasteiger partial charge is 0.503 e. The summed E-state index contributed by atoms with van der Waals surface area (Å²) in [6, 6.07) is 13.3. The predicted octanol–water partition coefficient (Wildman–Crippen LogP) is 5.92. The maximum Gasteiger partial charge on any atom is 0.296 e. The van der Waals surface area contributed by atoms with Crippen LogP contribution in [0.25, 0.3) is 0 Å². The summed E-state index contributed by atoms with van der Waals surface area (Å²) < 4.78 is 6.18. The van der Waals surface area contributed by atoms with Gasteiger partial charge in [0.05, 0.1) is 16.7 Å². The molecule has 0 fully saturated rings. The van der Waals surface area contributed by atoms with Gasteiger partial charge in [-0.1, -0.05) is 52.9 Å². The number of Topliss-reactive ketones (excluding diaryl/α,β-unsaturated/α-hetero) is 1. The van der Waals surface area contributed by atoms with Crippen molar-refractivity contribution >= 4 is 62.9 Å². The predicted molar refractivity (Wildman–Crippen MR) is 128 cm³/mol. The molecular formula is C22H14ClN3O4S3. The van der Waals surface area contributed by atoms with Crippen LogP contribution in [0.3, 0.4) is 0 Å². The third kappa shape index (κ3) is 4.22. The van der Waals surface area contributed by atoms with Gasteiger partial charge in [-0.15, -0.1) is 21.5 Å². The van der Waals surface area contributed by atoms with Crippen molar-refractivity contribution in [3.05, 3.63) is 92.7 Å². The van der Waals surface area contributed by atoms with E-state index in [0.717, 1.165) is 5.56 Å². The molecule has 33 heavy (non-hydrogen) atoms. The summed E-state index contributed by atoms with van der Waals surface area (Å²) in [5.74, 6) is -0.769. The molecule has 7 nitrogen and oxygen atoms in total. The van der Waals surface area contributed by atoms with Crippen molar-refractivity contribution in [1.29, 1.82) is 0 Å². The van der Waals surface area contributed by atoms with Gasteiger partial charge in [-0.2, -0.15) is 0 Å². The highest BCUT2D eigenvalue weighted by Gasteiger charge is 2.47. The second kappa shape index (κ2) is 9.14. The number of carbonyl (C=O) groups excluding carboxylic acids is 2. The summed E-state index contributed by atoms with van der Waals surface area (Å²) in [6.07, 6.45) is 1.45. The SMILES string of the molecule is O=C(C1=C(O)C(=O)N(c2nnc(SCc3ccc(Cl)cc3)s2)C1c1ccco1)c1cccs1. The summed E-state index contributed by atoms with van der Waals surface area (Å²) in [7, 11) is 0. The number of carbonyl (C=O) groups is 2. The third-order valence-corrected chi connectivity index (χ3v) is 8.14. The molecule has 1 aliphatic rings. The lowest BCUT2D eigenvalue weighted by molar-refractivity contribution is -0.117. The summed E-state index contributed by atoms with van der Waals surface area (Å²) in [5.41, 5.74) is 1.03. The van der Waals surface area contributed by atoms with Crippen molar-refractivity contribution in [3.63, 3.8) is 0 Å². The Bertz CT molecular complexity index is 1330. The average molecular weight is 516 g/mol. The number of amides is 1. The van der Waals surface area contributed by atoms with Crippen LogP contribution in [0.5, 0.6) is 0 Å². The van der Waals surface area contributed by atoms with E-state index < -0.39 is 23.5 Å². The molecule has 5 rings (SSSR count). The second-order valence-electron chi connectivity index (χ2n) is 6.93. The molecule has 166 valence electrons. The van der Waals surface area contributed by atoms with E-state index in [1.165, 1.54) is 45.6 Å². The second-order valence-corrected chi connectivity index (χ2v) is 10.5. The number of benzene rings is 1. The van der Waals surface area contributed by atoms with Gasteiger partial charge in [0, 0.05) is 10.8 Å². The van der Waals surface area contributed by atoms with Crippen LogP contribution in [0.4, 0.5) is 5.13 Å². The number of aromatic nitrogens is 2. The van der Waals surface area contributed by atoms with E-state index in [1.807, 2.05) is 24.3 Å². The van der Waals surface area contributed by atoms with Crippen molar-refractivity contribution < 1.29 is 19.1 Å². The van der Waals surface area contributed by atoms with E-state index in [0.29, 0.717) is 25.8 Å². The molecule has 0 saturated carbocycles. The Hall–Kier alpha value is -2.92. The van der Waals surface area contributed by atoms with Gasteiger partial charge >= 0.3 is 0 Å². The maximum absolute atomic E-state index is 13.2. The zero-order valence-corrected chi connectivity index (χ0v) is 19.9. The highest BCUT2D eigenvalue weighted by atomic mass is 35.5. The Labute approximate surface area is 205 Å². The molecule has 1 N–H and O–H groups in total. The van der Waals surface area contributed by atoms with Crippen molar-refractivity contribution in [2.75, 3.05) is 4.90 Å². The number of ketones is 1. The Balaban J connectivity index is 1.44. The zero-order valence-electron chi connectivity index (χ0n) is 16.7. The number of rotatable bonds is 7. The number of hydrogen-bond acceptors (Lipinski definition) is 9. The van der Waals surface area contributed by atoms with Gasteiger partial charge < -0.3 is 9.52 Å². The number of thioether (sulfide) groups is 1. The van der Waals surface area contributed by atoms with E-state index in [4.69, 9.17) is 16.0 Å². The summed E-state index contributed by atoms with van der Waals surface area (Å²) >= 11 is 9.83. The smallest absolute Gasteiger partial charge is 0.296 e.